The summed E-state index contributed by atoms with van der Waals surface area (Å²) in [5, 5.41) is 9.13. The number of rotatable bonds is 1. The number of nitrogens with zero attached hydrogens (tertiary/aromatic N) is 4. The van der Waals surface area contributed by atoms with Crippen molar-refractivity contribution in [3.8, 4) is 11.4 Å². The van der Waals surface area contributed by atoms with Crippen molar-refractivity contribution in [2.45, 2.75) is 13.8 Å². The molecule has 0 unspecified atom stereocenters. The lowest BCUT2D eigenvalue weighted by Crippen LogP contribution is -1.99. The number of nitrogens with two attached hydrogens (primary N) is 1. The molecule has 0 bridgehead atoms. The van der Waals surface area contributed by atoms with Crippen molar-refractivity contribution in [2.24, 2.45) is 0 Å². The molecule has 0 radical (unpaired) electrons. The molecule has 3 aromatic rings. The topological polar surface area (TPSA) is 69.1 Å². The average molecular weight is 308 g/mol. The van der Waals surface area contributed by atoms with E-state index in [0.29, 0.717) is 21.6 Å². The van der Waals surface area contributed by atoms with Crippen molar-refractivity contribution in [1.29, 1.82) is 0 Å². The first-order valence-electron chi connectivity index (χ1n) is 5.91. The van der Waals surface area contributed by atoms with Gasteiger partial charge in [0.05, 0.1) is 15.7 Å². The molecule has 5 nitrogen and oxygen atoms in total. The first kappa shape index (κ1) is 13.1. The molecular formula is C13H11Cl2N5. The van der Waals surface area contributed by atoms with Gasteiger partial charge in [-0.2, -0.15) is 0 Å². The van der Waals surface area contributed by atoms with Crippen LogP contribution in [0.1, 0.15) is 11.5 Å². The molecule has 1 aromatic carbocycles. The van der Waals surface area contributed by atoms with E-state index in [2.05, 4.69) is 15.2 Å². The van der Waals surface area contributed by atoms with Gasteiger partial charge in [0.25, 0.3) is 0 Å². The number of benzene rings is 1. The molecule has 0 fully saturated rings. The van der Waals surface area contributed by atoms with E-state index in [-0.39, 0.29) is 0 Å². The molecule has 0 saturated heterocycles. The fraction of sp³-hybridized carbons (Fsp3) is 0.154. The van der Waals surface area contributed by atoms with E-state index in [1.165, 1.54) is 0 Å². The van der Waals surface area contributed by atoms with Gasteiger partial charge in [-0.15, -0.1) is 10.2 Å². The number of halogens is 2. The second-order valence-electron chi connectivity index (χ2n) is 4.52. The number of hydrogen-bond acceptors (Lipinski definition) is 4. The molecule has 0 saturated carbocycles. The van der Waals surface area contributed by atoms with Gasteiger partial charge in [-0.1, -0.05) is 23.2 Å². The minimum absolute atomic E-state index is 0.358. The summed E-state index contributed by atoms with van der Waals surface area (Å²) < 4.78 is 1.85. The van der Waals surface area contributed by atoms with E-state index in [9.17, 15) is 0 Å². The van der Waals surface area contributed by atoms with Gasteiger partial charge < -0.3 is 5.73 Å². The van der Waals surface area contributed by atoms with E-state index in [4.69, 9.17) is 28.9 Å². The van der Waals surface area contributed by atoms with Crippen molar-refractivity contribution in [3.05, 3.63) is 39.8 Å². The number of aromatic nitrogens is 4. The zero-order valence-corrected chi connectivity index (χ0v) is 12.4. The third-order valence-corrected chi connectivity index (χ3v) is 3.65. The predicted octanol–water partition coefficient (Wildman–Crippen LogP) is 3.30. The molecule has 0 aliphatic heterocycles. The van der Waals surface area contributed by atoms with Crippen LogP contribution in [0.3, 0.4) is 0 Å². The van der Waals surface area contributed by atoms with Gasteiger partial charge in [0.2, 0.25) is 0 Å². The van der Waals surface area contributed by atoms with Crippen LogP contribution in [0.25, 0.3) is 17.0 Å². The minimum Gasteiger partial charge on any atom is -0.396 e. The van der Waals surface area contributed by atoms with Gasteiger partial charge in [0.1, 0.15) is 5.82 Å². The summed E-state index contributed by atoms with van der Waals surface area (Å²) in [5.74, 6) is 1.43. The molecule has 102 valence electrons. The van der Waals surface area contributed by atoms with Crippen molar-refractivity contribution >= 4 is 34.5 Å². The zero-order chi connectivity index (χ0) is 14.4. The smallest absolute Gasteiger partial charge is 0.169 e. The maximum atomic E-state index is 6.07. The summed E-state index contributed by atoms with van der Waals surface area (Å²) in [6.07, 6.45) is 0. The molecule has 20 heavy (non-hydrogen) atoms. The first-order chi connectivity index (χ1) is 9.47. The standard InChI is InChI=1S/C13H11Cl2N5/c1-6-3-11-18-19-13(20(11)7(2)17-6)8-4-9(14)12(16)10(15)5-8/h3-5H,16H2,1-2H3. The van der Waals surface area contributed by atoms with E-state index in [1.807, 2.05) is 24.3 Å². The fourth-order valence-electron chi connectivity index (χ4n) is 2.13. The first-order valence-corrected chi connectivity index (χ1v) is 6.67. The van der Waals surface area contributed by atoms with Crippen LogP contribution in [0.15, 0.2) is 18.2 Å². The van der Waals surface area contributed by atoms with E-state index < -0.39 is 0 Å². The molecule has 0 amide bonds. The van der Waals surface area contributed by atoms with Gasteiger partial charge in [-0.3, -0.25) is 4.40 Å². The van der Waals surface area contributed by atoms with E-state index >= 15 is 0 Å². The lowest BCUT2D eigenvalue weighted by Gasteiger charge is -2.07. The number of fused-ring (bicyclic) bond motifs is 1. The third kappa shape index (κ3) is 1.99. The number of aryl methyl sites for hydroxylation is 2. The number of anilines is 1. The maximum Gasteiger partial charge on any atom is 0.169 e. The van der Waals surface area contributed by atoms with Crippen molar-refractivity contribution in [1.82, 2.24) is 19.6 Å². The van der Waals surface area contributed by atoms with Crippen LogP contribution in [0.4, 0.5) is 5.69 Å². The van der Waals surface area contributed by atoms with Gasteiger partial charge in [-0.05, 0) is 26.0 Å². The van der Waals surface area contributed by atoms with Gasteiger partial charge in [0.15, 0.2) is 11.5 Å². The summed E-state index contributed by atoms with van der Waals surface area (Å²) in [7, 11) is 0. The van der Waals surface area contributed by atoms with Gasteiger partial charge in [0, 0.05) is 17.3 Å². The Kier molecular flexibility index (Phi) is 3.03. The Morgan fingerprint density at radius 1 is 1.05 bits per heavy atom. The fourth-order valence-corrected chi connectivity index (χ4v) is 2.62. The number of nitrogen functional groups attached to an aromatic ring is 1. The lowest BCUT2D eigenvalue weighted by molar-refractivity contribution is 0.962. The summed E-state index contributed by atoms with van der Waals surface area (Å²) >= 11 is 12.1. The third-order valence-electron chi connectivity index (χ3n) is 3.03. The summed E-state index contributed by atoms with van der Waals surface area (Å²) in [6, 6.07) is 5.31. The highest BCUT2D eigenvalue weighted by atomic mass is 35.5. The SMILES string of the molecule is Cc1cc2nnc(-c3cc(Cl)c(N)c(Cl)c3)n2c(C)n1. The Morgan fingerprint density at radius 3 is 2.35 bits per heavy atom. The summed E-state index contributed by atoms with van der Waals surface area (Å²) in [5.41, 5.74) is 8.47. The second-order valence-corrected chi connectivity index (χ2v) is 5.33. The maximum absolute atomic E-state index is 6.07. The molecular weight excluding hydrogens is 297 g/mol. The average Bonchev–Trinajstić information content (AvgIpc) is 2.79. The van der Waals surface area contributed by atoms with E-state index in [1.54, 1.807) is 12.1 Å². The lowest BCUT2D eigenvalue weighted by atomic mass is 10.2. The molecule has 0 aliphatic rings. The molecule has 2 N–H and O–H groups in total. The molecule has 0 aliphatic carbocycles. The normalized spacial score (nSPS) is 11.2. The van der Waals surface area contributed by atoms with Crippen LogP contribution in [0, 0.1) is 13.8 Å². The molecule has 2 aromatic heterocycles. The Bertz CT molecular complexity index is 802. The predicted molar refractivity (Wildman–Crippen MR) is 80.1 cm³/mol. The number of hydrogen-bond donors (Lipinski definition) is 1. The van der Waals surface area contributed by atoms with Crippen LogP contribution in [0.2, 0.25) is 10.0 Å². The highest BCUT2D eigenvalue weighted by molar-refractivity contribution is 6.39. The van der Waals surface area contributed by atoms with Gasteiger partial charge in [-0.25, -0.2) is 4.98 Å². The molecule has 7 heteroatoms. The van der Waals surface area contributed by atoms with Gasteiger partial charge >= 0.3 is 0 Å². The summed E-state index contributed by atoms with van der Waals surface area (Å²) in [6.45, 7) is 3.81. The van der Waals surface area contributed by atoms with Crippen LogP contribution in [-0.2, 0) is 0 Å². The zero-order valence-electron chi connectivity index (χ0n) is 10.9. The molecule has 0 atom stereocenters. The van der Waals surface area contributed by atoms with Crippen molar-refractivity contribution < 1.29 is 0 Å². The van der Waals surface area contributed by atoms with E-state index in [0.717, 1.165) is 22.7 Å². The largest absolute Gasteiger partial charge is 0.396 e. The van der Waals surface area contributed by atoms with Crippen LogP contribution in [-0.4, -0.2) is 19.6 Å². The van der Waals surface area contributed by atoms with Crippen molar-refractivity contribution in [3.63, 3.8) is 0 Å². The minimum atomic E-state index is 0.358. The van der Waals surface area contributed by atoms with Crippen LogP contribution < -0.4 is 5.73 Å². The Labute approximate surface area is 125 Å². The monoisotopic (exact) mass is 307 g/mol. The second kappa shape index (κ2) is 4.61. The Hall–Kier alpha value is -1.85. The summed E-state index contributed by atoms with van der Waals surface area (Å²) in [4.78, 5) is 4.41. The Balaban J connectivity index is 2.30. The molecule has 0 spiro atoms. The molecule has 3 rings (SSSR count). The quantitative estimate of drug-likeness (QED) is 0.700. The Morgan fingerprint density at radius 2 is 1.70 bits per heavy atom. The van der Waals surface area contributed by atoms with Crippen molar-refractivity contribution in [2.75, 3.05) is 5.73 Å². The van der Waals surface area contributed by atoms with Crippen LogP contribution in [0.5, 0.6) is 0 Å². The highest BCUT2D eigenvalue weighted by Gasteiger charge is 2.14. The van der Waals surface area contributed by atoms with Crippen LogP contribution >= 0.6 is 23.2 Å². The molecule has 2 heterocycles. The highest BCUT2D eigenvalue weighted by Crippen LogP contribution is 2.33.